The Balaban J connectivity index is 4.75. The normalized spacial score (nSPS) is 19.6. The topological polar surface area (TPSA) is 0 Å². The third kappa shape index (κ3) is 2.11. The molecule has 0 bridgehead atoms. The Hall–Kier alpha value is 0.280. The molecule has 0 aromatic rings. The van der Waals surface area contributed by atoms with Crippen LogP contribution in [0.15, 0.2) is 0 Å². The molecule has 0 aliphatic rings. The number of hydrogen-bond donors (Lipinski definition) is 2. The van der Waals surface area contributed by atoms with Crippen LogP contribution >= 0.6 is 25.3 Å². The molecular weight excluding hydrogens is 214 g/mol. The Morgan fingerprint density at radius 1 is 0.727 bits per heavy atom. The zero-order chi connectivity index (χ0) is 9.50. The van der Waals surface area contributed by atoms with E-state index in [1.807, 2.05) is 0 Å². The standard InChI is InChI=1S/C3H2F6S2/c4-1(10,2(5,6)7)3(8,9)11/h10-11H. The Morgan fingerprint density at radius 2 is 1.00 bits per heavy atom. The molecule has 0 aliphatic heterocycles. The minimum atomic E-state index is -5.75. The maximum absolute atomic E-state index is 12.0. The van der Waals surface area contributed by atoms with E-state index in [1.165, 1.54) is 0 Å². The summed E-state index contributed by atoms with van der Waals surface area (Å²) in [6.45, 7) is 0. The van der Waals surface area contributed by atoms with Gasteiger partial charge in [-0.25, -0.2) is 4.39 Å². The van der Waals surface area contributed by atoms with Gasteiger partial charge in [-0.2, -0.15) is 22.0 Å². The largest absolute Gasteiger partial charge is 0.439 e. The second-order valence-electron chi connectivity index (χ2n) is 1.66. The van der Waals surface area contributed by atoms with Crippen LogP contribution in [-0.2, 0) is 0 Å². The van der Waals surface area contributed by atoms with Crippen molar-refractivity contribution in [1.29, 1.82) is 0 Å². The molecule has 1 atom stereocenters. The van der Waals surface area contributed by atoms with Gasteiger partial charge in [0.2, 0.25) is 0 Å². The van der Waals surface area contributed by atoms with Crippen LogP contribution in [0.2, 0.25) is 0 Å². The van der Waals surface area contributed by atoms with Crippen molar-refractivity contribution >= 4 is 25.3 Å². The molecule has 0 radical (unpaired) electrons. The van der Waals surface area contributed by atoms with Gasteiger partial charge >= 0.3 is 16.4 Å². The van der Waals surface area contributed by atoms with Crippen LogP contribution < -0.4 is 0 Å². The molecule has 0 rings (SSSR count). The Kier molecular flexibility index (Phi) is 2.72. The first-order valence-corrected chi connectivity index (χ1v) is 2.98. The summed E-state index contributed by atoms with van der Waals surface area (Å²) in [7, 11) is 0. The van der Waals surface area contributed by atoms with E-state index in [4.69, 9.17) is 0 Å². The van der Waals surface area contributed by atoms with Crippen molar-refractivity contribution in [1.82, 2.24) is 0 Å². The second kappa shape index (κ2) is 2.65. The highest BCUT2D eigenvalue weighted by Gasteiger charge is 2.67. The Bertz CT molecular complexity index is 127. The van der Waals surface area contributed by atoms with Crippen LogP contribution in [-0.4, -0.2) is 16.4 Å². The number of thiol groups is 2. The van der Waals surface area contributed by atoms with Crippen LogP contribution in [0.4, 0.5) is 26.3 Å². The molecule has 0 spiro atoms. The fraction of sp³-hybridized carbons (Fsp3) is 1.00. The first kappa shape index (κ1) is 11.3. The molecule has 0 saturated heterocycles. The van der Waals surface area contributed by atoms with Crippen LogP contribution in [0.3, 0.4) is 0 Å². The molecule has 0 aromatic carbocycles. The molecule has 11 heavy (non-hydrogen) atoms. The quantitative estimate of drug-likeness (QED) is 0.488. The molecular formula is C3H2F6S2. The summed E-state index contributed by atoms with van der Waals surface area (Å²) in [5, 5.41) is -9.75. The summed E-state index contributed by atoms with van der Waals surface area (Å²) >= 11 is 4.25. The minimum absolute atomic E-state index is 2.12. The van der Waals surface area contributed by atoms with Crippen molar-refractivity contribution in [2.45, 2.75) is 16.4 Å². The first-order valence-electron chi connectivity index (χ1n) is 2.08. The smallest absolute Gasteiger partial charge is 0.214 e. The monoisotopic (exact) mass is 216 g/mol. The number of halogens is 6. The zero-order valence-corrected chi connectivity index (χ0v) is 6.45. The van der Waals surface area contributed by atoms with Crippen molar-refractivity contribution < 1.29 is 26.3 Å². The fourth-order valence-corrected chi connectivity index (χ4v) is 0.297. The molecule has 0 N–H and O–H groups in total. The molecule has 0 aliphatic carbocycles. The zero-order valence-electron chi connectivity index (χ0n) is 4.66. The van der Waals surface area contributed by atoms with Crippen molar-refractivity contribution in [2.75, 3.05) is 0 Å². The third-order valence-corrected chi connectivity index (χ3v) is 1.79. The molecule has 68 valence electrons. The molecule has 0 aromatic heterocycles. The van der Waals surface area contributed by atoms with Crippen LogP contribution in [0, 0.1) is 0 Å². The van der Waals surface area contributed by atoms with Gasteiger partial charge in [0.25, 0.3) is 0 Å². The molecule has 1 unspecified atom stereocenters. The lowest BCUT2D eigenvalue weighted by Crippen LogP contribution is -2.47. The van der Waals surface area contributed by atoms with E-state index >= 15 is 0 Å². The van der Waals surface area contributed by atoms with E-state index in [0.717, 1.165) is 0 Å². The summed E-state index contributed by atoms with van der Waals surface area (Å²) in [4.78, 5) is 0. The summed E-state index contributed by atoms with van der Waals surface area (Å²) < 4.78 is 69.4. The van der Waals surface area contributed by atoms with E-state index < -0.39 is 16.4 Å². The maximum Gasteiger partial charge on any atom is 0.439 e. The Labute approximate surface area is 68.8 Å². The number of hydrogen-bond acceptors (Lipinski definition) is 2. The fourth-order valence-electron chi connectivity index (χ4n) is 0.171. The van der Waals surface area contributed by atoms with E-state index in [0.29, 0.717) is 0 Å². The number of rotatable bonds is 1. The van der Waals surface area contributed by atoms with Gasteiger partial charge in [0.15, 0.2) is 0 Å². The molecule has 0 nitrogen and oxygen atoms in total. The molecule has 0 amide bonds. The summed E-state index contributed by atoms with van der Waals surface area (Å²) in [6.07, 6.45) is -5.75. The van der Waals surface area contributed by atoms with Crippen LogP contribution in [0.25, 0.3) is 0 Å². The van der Waals surface area contributed by atoms with E-state index in [9.17, 15) is 26.3 Å². The van der Waals surface area contributed by atoms with Crippen LogP contribution in [0.1, 0.15) is 0 Å². The highest BCUT2D eigenvalue weighted by atomic mass is 32.1. The third-order valence-electron chi connectivity index (χ3n) is 0.774. The second-order valence-corrected chi connectivity index (χ2v) is 2.84. The number of alkyl halides is 6. The van der Waals surface area contributed by atoms with E-state index in [2.05, 4.69) is 25.3 Å². The van der Waals surface area contributed by atoms with Gasteiger partial charge in [-0.1, -0.05) is 0 Å². The van der Waals surface area contributed by atoms with Gasteiger partial charge < -0.3 is 0 Å². The lowest BCUT2D eigenvalue weighted by atomic mass is 10.4. The van der Waals surface area contributed by atoms with Gasteiger partial charge in [0.1, 0.15) is 0 Å². The van der Waals surface area contributed by atoms with Gasteiger partial charge in [-0.3, -0.25) is 0 Å². The average molecular weight is 216 g/mol. The molecule has 0 fully saturated rings. The lowest BCUT2D eigenvalue weighted by molar-refractivity contribution is -0.235. The average Bonchev–Trinajstić information content (AvgIpc) is 1.58. The summed E-state index contributed by atoms with van der Waals surface area (Å²) in [6, 6.07) is 0. The lowest BCUT2D eigenvalue weighted by Gasteiger charge is -2.26. The summed E-state index contributed by atoms with van der Waals surface area (Å²) in [5.74, 6) is 0. The molecule has 8 heteroatoms. The van der Waals surface area contributed by atoms with E-state index in [1.54, 1.807) is 0 Å². The highest BCUT2D eigenvalue weighted by molar-refractivity contribution is 7.86. The maximum atomic E-state index is 12.0. The van der Waals surface area contributed by atoms with Crippen molar-refractivity contribution in [2.24, 2.45) is 0 Å². The molecule has 0 saturated carbocycles. The van der Waals surface area contributed by atoms with Crippen molar-refractivity contribution in [3.8, 4) is 0 Å². The van der Waals surface area contributed by atoms with Gasteiger partial charge in [-0.05, 0) is 0 Å². The van der Waals surface area contributed by atoms with Gasteiger partial charge in [0, 0.05) is 0 Å². The first-order chi connectivity index (χ1) is 4.50. The predicted octanol–water partition coefficient (Wildman–Crippen LogP) is 2.67. The van der Waals surface area contributed by atoms with Gasteiger partial charge in [0.05, 0.1) is 0 Å². The van der Waals surface area contributed by atoms with Crippen LogP contribution in [0.5, 0.6) is 0 Å². The molecule has 0 heterocycles. The predicted molar refractivity (Wildman–Crippen MR) is 32.8 cm³/mol. The SMILES string of the molecule is FC(F)(F)C(F)(S)C(F)(F)S. The van der Waals surface area contributed by atoms with E-state index in [-0.39, 0.29) is 0 Å². The van der Waals surface area contributed by atoms with Gasteiger partial charge in [-0.15, -0.1) is 25.3 Å². The van der Waals surface area contributed by atoms with Crippen molar-refractivity contribution in [3.63, 3.8) is 0 Å². The Morgan fingerprint density at radius 3 is 1.00 bits per heavy atom. The minimum Gasteiger partial charge on any atom is -0.214 e. The highest BCUT2D eigenvalue weighted by Crippen LogP contribution is 2.49. The van der Waals surface area contributed by atoms with Crippen molar-refractivity contribution in [3.05, 3.63) is 0 Å². The summed E-state index contributed by atoms with van der Waals surface area (Å²) in [5.41, 5.74) is 0.